The van der Waals surface area contributed by atoms with E-state index in [-0.39, 0.29) is 11.6 Å². The van der Waals surface area contributed by atoms with Crippen LogP contribution in [0.5, 0.6) is 0 Å². The van der Waals surface area contributed by atoms with Crippen LogP contribution in [0.15, 0.2) is 0 Å². The Morgan fingerprint density at radius 1 is 1.25 bits per heavy atom. The van der Waals surface area contributed by atoms with Gasteiger partial charge in [0.25, 0.3) is 0 Å². The molecule has 0 atom stereocenters. The molecule has 0 radical (unpaired) electrons. The number of carbonyl (C=O) groups is 2. The van der Waals surface area contributed by atoms with Gasteiger partial charge in [-0.05, 0) is 33.6 Å². The van der Waals surface area contributed by atoms with Gasteiger partial charge in [0.05, 0.1) is 0 Å². The molecule has 0 saturated carbocycles. The van der Waals surface area contributed by atoms with Crippen LogP contribution in [0.25, 0.3) is 0 Å². The lowest BCUT2D eigenvalue weighted by Gasteiger charge is -2.34. The van der Waals surface area contributed by atoms with Gasteiger partial charge in [-0.2, -0.15) is 0 Å². The van der Waals surface area contributed by atoms with Crippen LogP contribution in [0.2, 0.25) is 0 Å². The first-order chi connectivity index (χ1) is 7.29. The Morgan fingerprint density at radius 2 is 1.75 bits per heavy atom. The van der Waals surface area contributed by atoms with Gasteiger partial charge >= 0.3 is 6.03 Å². The molecule has 5 heteroatoms. The number of nitrogens with one attached hydrogen (secondary N) is 1. The number of aliphatic carboxylic acids is 1. The van der Waals surface area contributed by atoms with E-state index in [9.17, 15) is 14.7 Å². The van der Waals surface area contributed by atoms with E-state index in [1.54, 1.807) is 4.90 Å². The third-order valence-electron chi connectivity index (χ3n) is 2.60. The van der Waals surface area contributed by atoms with E-state index in [1.165, 1.54) is 0 Å². The second-order valence-electron chi connectivity index (χ2n) is 5.26. The Balaban J connectivity index is 2.42. The van der Waals surface area contributed by atoms with Gasteiger partial charge in [-0.25, -0.2) is 4.79 Å². The normalized spacial score (nSPS) is 18.3. The van der Waals surface area contributed by atoms with Crippen molar-refractivity contribution in [2.75, 3.05) is 13.1 Å². The van der Waals surface area contributed by atoms with Crippen LogP contribution in [0, 0.1) is 5.92 Å². The Hall–Kier alpha value is -1.26. The molecular weight excluding hydrogens is 208 g/mol. The fourth-order valence-electron chi connectivity index (χ4n) is 1.72. The van der Waals surface area contributed by atoms with Gasteiger partial charge in [0, 0.05) is 30.5 Å². The van der Waals surface area contributed by atoms with Crippen molar-refractivity contribution in [2.24, 2.45) is 5.92 Å². The van der Waals surface area contributed by atoms with E-state index < -0.39 is 11.9 Å². The first kappa shape index (κ1) is 12.8. The predicted molar refractivity (Wildman–Crippen MR) is 57.6 cm³/mol. The van der Waals surface area contributed by atoms with Crippen molar-refractivity contribution < 1.29 is 14.7 Å². The van der Waals surface area contributed by atoms with Crippen molar-refractivity contribution in [3.05, 3.63) is 0 Å². The topological polar surface area (TPSA) is 72.5 Å². The van der Waals surface area contributed by atoms with Crippen LogP contribution in [0.1, 0.15) is 33.6 Å². The van der Waals surface area contributed by atoms with Crippen LogP contribution < -0.4 is 10.4 Å². The number of piperidine rings is 1. The summed E-state index contributed by atoms with van der Waals surface area (Å²) in [7, 11) is 0. The first-order valence-corrected chi connectivity index (χ1v) is 5.57. The minimum absolute atomic E-state index is 0.121. The molecule has 0 bridgehead atoms. The molecule has 5 nitrogen and oxygen atoms in total. The Bertz CT molecular complexity index is 275. The minimum Gasteiger partial charge on any atom is -0.550 e. The van der Waals surface area contributed by atoms with Crippen LogP contribution in [0.4, 0.5) is 4.79 Å². The highest BCUT2D eigenvalue weighted by atomic mass is 16.4. The molecular formula is C11H19N2O3-. The minimum atomic E-state index is -1.00. The summed E-state index contributed by atoms with van der Waals surface area (Å²) in [4.78, 5) is 24.0. The number of carboxylic acids is 1. The van der Waals surface area contributed by atoms with Crippen molar-refractivity contribution in [2.45, 2.75) is 39.2 Å². The van der Waals surface area contributed by atoms with Gasteiger partial charge in [-0.3, -0.25) is 0 Å². The predicted octanol–water partition coefficient (Wildman–Crippen LogP) is -0.0436. The third kappa shape index (κ3) is 3.72. The largest absolute Gasteiger partial charge is 0.550 e. The zero-order chi connectivity index (χ0) is 12.3. The van der Waals surface area contributed by atoms with Crippen LogP contribution in [0.3, 0.4) is 0 Å². The number of hydrogen-bond acceptors (Lipinski definition) is 3. The SMILES string of the molecule is CC(C)(C)NC(=O)N1CCC(C(=O)[O-])CC1. The summed E-state index contributed by atoms with van der Waals surface area (Å²) in [6, 6.07) is -0.121. The number of urea groups is 1. The monoisotopic (exact) mass is 227 g/mol. The van der Waals surface area contributed by atoms with Crippen LogP contribution in [-0.4, -0.2) is 35.5 Å². The summed E-state index contributed by atoms with van der Waals surface area (Å²) in [5.74, 6) is -1.41. The third-order valence-corrected chi connectivity index (χ3v) is 2.60. The molecule has 0 aliphatic carbocycles. The molecule has 1 fully saturated rings. The Kier molecular flexibility index (Phi) is 3.78. The van der Waals surface area contributed by atoms with Crippen molar-refractivity contribution in [3.8, 4) is 0 Å². The lowest BCUT2D eigenvalue weighted by Crippen LogP contribution is -2.51. The summed E-state index contributed by atoms with van der Waals surface area (Å²) in [6.07, 6.45) is 0.972. The van der Waals surface area contributed by atoms with Crippen molar-refractivity contribution >= 4 is 12.0 Å². The Morgan fingerprint density at radius 3 is 2.12 bits per heavy atom. The maximum absolute atomic E-state index is 11.7. The zero-order valence-electron chi connectivity index (χ0n) is 10.1. The molecule has 0 unspecified atom stereocenters. The summed E-state index contributed by atoms with van der Waals surface area (Å²) >= 11 is 0. The van der Waals surface area contributed by atoms with Gasteiger partial charge in [-0.1, -0.05) is 0 Å². The molecule has 2 amide bonds. The molecule has 1 rings (SSSR count). The number of nitrogens with zero attached hydrogens (tertiary/aromatic N) is 1. The standard InChI is InChI=1S/C11H20N2O3/c1-11(2,3)12-10(16)13-6-4-8(5-7-13)9(14)15/h8H,4-7H2,1-3H3,(H,12,16)(H,14,15)/p-1. The maximum atomic E-state index is 11.7. The number of hydrogen-bond donors (Lipinski definition) is 1. The maximum Gasteiger partial charge on any atom is 0.317 e. The second-order valence-corrected chi connectivity index (χ2v) is 5.26. The molecule has 1 heterocycles. The average molecular weight is 227 g/mol. The number of likely N-dealkylation sites (tertiary alicyclic amines) is 1. The lowest BCUT2D eigenvalue weighted by atomic mass is 9.97. The summed E-state index contributed by atoms with van der Waals surface area (Å²) < 4.78 is 0. The Labute approximate surface area is 95.8 Å². The molecule has 16 heavy (non-hydrogen) atoms. The summed E-state index contributed by atoms with van der Waals surface area (Å²) in [5, 5.41) is 13.5. The zero-order valence-corrected chi connectivity index (χ0v) is 10.1. The fourth-order valence-corrected chi connectivity index (χ4v) is 1.72. The molecule has 1 aliphatic rings. The molecule has 0 aromatic carbocycles. The molecule has 1 aliphatic heterocycles. The summed E-state index contributed by atoms with van der Waals surface area (Å²) in [5.41, 5.74) is -0.262. The van der Waals surface area contributed by atoms with E-state index in [4.69, 9.17) is 0 Å². The van der Waals surface area contributed by atoms with Crippen molar-refractivity contribution in [3.63, 3.8) is 0 Å². The van der Waals surface area contributed by atoms with E-state index in [0.717, 1.165) is 0 Å². The van der Waals surface area contributed by atoms with Crippen molar-refractivity contribution in [1.82, 2.24) is 10.2 Å². The highest BCUT2D eigenvalue weighted by Crippen LogP contribution is 2.16. The second kappa shape index (κ2) is 4.72. The number of carbonyl (C=O) groups excluding carboxylic acids is 2. The molecule has 0 aromatic rings. The fraction of sp³-hybridized carbons (Fsp3) is 0.818. The molecule has 92 valence electrons. The first-order valence-electron chi connectivity index (χ1n) is 5.57. The van der Waals surface area contributed by atoms with E-state index in [1.807, 2.05) is 20.8 Å². The molecule has 1 saturated heterocycles. The molecule has 0 aromatic heterocycles. The quantitative estimate of drug-likeness (QED) is 0.683. The highest BCUT2D eigenvalue weighted by Gasteiger charge is 2.25. The van der Waals surface area contributed by atoms with Gasteiger partial charge in [-0.15, -0.1) is 0 Å². The average Bonchev–Trinajstić information content (AvgIpc) is 2.15. The van der Waals surface area contributed by atoms with E-state index in [0.29, 0.717) is 25.9 Å². The smallest absolute Gasteiger partial charge is 0.317 e. The number of carboxylic acid groups (broad SMARTS) is 1. The van der Waals surface area contributed by atoms with Gasteiger partial charge in [0.2, 0.25) is 0 Å². The summed E-state index contributed by atoms with van der Waals surface area (Å²) in [6.45, 7) is 6.72. The number of amides is 2. The van der Waals surface area contributed by atoms with Crippen LogP contribution in [-0.2, 0) is 4.79 Å². The van der Waals surface area contributed by atoms with Gasteiger partial charge in [0.15, 0.2) is 0 Å². The van der Waals surface area contributed by atoms with Crippen LogP contribution >= 0.6 is 0 Å². The number of rotatable bonds is 1. The lowest BCUT2D eigenvalue weighted by molar-refractivity contribution is -0.312. The highest BCUT2D eigenvalue weighted by molar-refractivity contribution is 5.75. The molecule has 0 spiro atoms. The van der Waals surface area contributed by atoms with E-state index >= 15 is 0 Å². The molecule has 1 N–H and O–H groups in total. The van der Waals surface area contributed by atoms with Gasteiger partial charge in [0.1, 0.15) is 0 Å². The van der Waals surface area contributed by atoms with E-state index in [2.05, 4.69) is 5.32 Å². The van der Waals surface area contributed by atoms with Gasteiger partial charge < -0.3 is 20.1 Å². The van der Waals surface area contributed by atoms with Crippen molar-refractivity contribution in [1.29, 1.82) is 0 Å².